The van der Waals surface area contributed by atoms with Gasteiger partial charge in [-0.15, -0.1) is 0 Å². The van der Waals surface area contributed by atoms with Gasteiger partial charge < -0.3 is 14.4 Å². The van der Waals surface area contributed by atoms with E-state index in [1.807, 2.05) is 19.1 Å². The fourth-order valence-corrected chi connectivity index (χ4v) is 5.87. The summed E-state index contributed by atoms with van der Waals surface area (Å²) in [6.07, 6.45) is -0.677. The van der Waals surface area contributed by atoms with Crippen LogP contribution in [0.3, 0.4) is 0 Å². The third-order valence-corrected chi connectivity index (χ3v) is 8.12. The summed E-state index contributed by atoms with van der Waals surface area (Å²) in [7, 11) is 0. The van der Waals surface area contributed by atoms with Gasteiger partial charge in [0.25, 0.3) is 5.91 Å². The van der Waals surface area contributed by atoms with Crippen molar-refractivity contribution < 1.29 is 32.2 Å². The molecule has 0 aromatic heterocycles. The lowest BCUT2D eigenvalue weighted by atomic mass is 9.88. The van der Waals surface area contributed by atoms with Crippen LogP contribution in [0.5, 0.6) is 0 Å². The van der Waals surface area contributed by atoms with Crippen molar-refractivity contribution in [3.63, 3.8) is 0 Å². The Labute approximate surface area is 257 Å². The van der Waals surface area contributed by atoms with E-state index in [-0.39, 0.29) is 29.7 Å². The number of morpholine rings is 1. The molecule has 11 heteroatoms. The van der Waals surface area contributed by atoms with Crippen molar-refractivity contribution in [2.75, 3.05) is 6.61 Å². The maximum Gasteiger partial charge on any atom is 0.446 e. The Morgan fingerprint density at radius 3 is 2.05 bits per heavy atom. The smallest absolute Gasteiger partial charge is 0.446 e. The van der Waals surface area contributed by atoms with Gasteiger partial charge in [0.2, 0.25) is 0 Å². The van der Waals surface area contributed by atoms with E-state index in [1.54, 1.807) is 60.4 Å². The van der Waals surface area contributed by atoms with Crippen molar-refractivity contribution in [1.29, 1.82) is 0 Å². The lowest BCUT2D eigenvalue weighted by molar-refractivity contribution is -0.186. The second-order valence-electron chi connectivity index (χ2n) is 9.79. The molecule has 0 N–H and O–H groups in total. The van der Waals surface area contributed by atoms with Crippen LogP contribution in [0.1, 0.15) is 55.5 Å². The van der Waals surface area contributed by atoms with Crippen molar-refractivity contribution in [1.82, 2.24) is 4.90 Å². The maximum absolute atomic E-state index is 14.3. The van der Waals surface area contributed by atoms with E-state index in [9.17, 15) is 22.8 Å². The number of carbonyl (C=O) groups excluding carboxylic acids is 2. The summed E-state index contributed by atoms with van der Waals surface area (Å²) in [5.41, 5.74) is -2.35. The number of hydrogen-bond acceptors (Lipinski definition) is 5. The molecule has 3 aromatic carbocycles. The minimum absolute atomic E-state index is 0.0379. The molecular weight excluding hydrogens is 610 g/mol. The first-order chi connectivity index (χ1) is 20.0. The Kier molecular flexibility index (Phi) is 10.9. The molecule has 0 saturated carbocycles. The number of alkyl halides is 3. The molecular formula is C31H30Cl2F3NO4S. The van der Waals surface area contributed by atoms with Gasteiger partial charge in [-0.2, -0.15) is 13.2 Å². The summed E-state index contributed by atoms with van der Waals surface area (Å²) < 4.78 is 50.5. The van der Waals surface area contributed by atoms with Crippen LogP contribution in [-0.2, 0) is 25.5 Å². The number of nitrogens with zero attached hydrogens (tertiary/aromatic N) is 1. The van der Waals surface area contributed by atoms with Crippen molar-refractivity contribution in [2.45, 2.75) is 67.8 Å². The van der Waals surface area contributed by atoms with E-state index in [0.717, 1.165) is 5.56 Å². The molecule has 0 bridgehead atoms. The standard InChI is InChI=1S/C31H30Cl2F3NO4S/c1-3-5-25(30(39)40-4-2)37-27(20-8-12-22(32)13-9-20)28(21-10-14-23(33)15-11-21)41-26(29(37)38)18-19-6-16-24(17-7-19)42-31(34,35)36/h6-17,25-28H,3-5,18H2,1-2H3. The molecule has 224 valence electrons. The van der Waals surface area contributed by atoms with E-state index in [4.69, 9.17) is 32.7 Å². The fraction of sp³-hybridized carbons (Fsp3) is 0.355. The number of ether oxygens (including phenoxy) is 2. The number of hydrogen-bond donors (Lipinski definition) is 0. The largest absolute Gasteiger partial charge is 0.464 e. The molecule has 1 heterocycles. The Hall–Kier alpha value is -2.72. The van der Waals surface area contributed by atoms with Gasteiger partial charge >= 0.3 is 11.5 Å². The number of rotatable bonds is 10. The van der Waals surface area contributed by atoms with Gasteiger partial charge in [0.15, 0.2) is 0 Å². The monoisotopic (exact) mass is 639 g/mol. The van der Waals surface area contributed by atoms with Gasteiger partial charge in [0.1, 0.15) is 18.2 Å². The third kappa shape index (κ3) is 8.01. The molecule has 1 amide bonds. The minimum Gasteiger partial charge on any atom is -0.464 e. The van der Waals surface area contributed by atoms with Crippen LogP contribution in [0.4, 0.5) is 13.2 Å². The zero-order valence-electron chi connectivity index (χ0n) is 22.9. The predicted octanol–water partition coefficient (Wildman–Crippen LogP) is 8.59. The molecule has 5 nitrogen and oxygen atoms in total. The molecule has 4 rings (SSSR count). The van der Waals surface area contributed by atoms with Crippen molar-refractivity contribution in [3.8, 4) is 0 Å². The average Bonchev–Trinajstić information content (AvgIpc) is 2.94. The summed E-state index contributed by atoms with van der Waals surface area (Å²) in [5.74, 6) is -0.934. The van der Waals surface area contributed by atoms with Crippen molar-refractivity contribution in [3.05, 3.63) is 99.5 Å². The highest BCUT2D eigenvalue weighted by atomic mass is 35.5. The molecule has 3 aromatic rings. The van der Waals surface area contributed by atoms with Crippen LogP contribution in [0, 0.1) is 0 Å². The van der Waals surface area contributed by atoms with Crippen LogP contribution in [0.25, 0.3) is 0 Å². The summed E-state index contributed by atoms with van der Waals surface area (Å²) >= 11 is 12.2. The Bertz CT molecular complexity index is 1350. The third-order valence-electron chi connectivity index (χ3n) is 6.87. The highest BCUT2D eigenvalue weighted by Gasteiger charge is 2.48. The maximum atomic E-state index is 14.3. The van der Waals surface area contributed by atoms with Gasteiger partial charge in [0, 0.05) is 21.4 Å². The lowest BCUT2D eigenvalue weighted by Gasteiger charge is -2.47. The zero-order valence-corrected chi connectivity index (χ0v) is 25.3. The van der Waals surface area contributed by atoms with Crippen LogP contribution >= 0.6 is 35.0 Å². The number of esters is 1. The summed E-state index contributed by atoms with van der Waals surface area (Å²) in [6, 6.07) is 18.3. The van der Waals surface area contributed by atoms with Gasteiger partial charge in [-0.25, -0.2) is 4.79 Å². The van der Waals surface area contributed by atoms with Crippen LogP contribution in [0.2, 0.25) is 10.0 Å². The van der Waals surface area contributed by atoms with Crippen molar-refractivity contribution in [2.24, 2.45) is 0 Å². The van der Waals surface area contributed by atoms with Gasteiger partial charge in [-0.1, -0.05) is 72.9 Å². The first kappa shape index (κ1) is 32.2. The summed E-state index contributed by atoms with van der Waals surface area (Å²) in [4.78, 5) is 29.2. The number of carbonyl (C=O) groups is 2. The molecule has 1 saturated heterocycles. The van der Waals surface area contributed by atoms with E-state index in [0.29, 0.717) is 34.0 Å². The average molecular weight is 641 g/mol. The van der Waals surface area contributed by atoms with Gasteiger partial charge in [-0.3, -0.25) is 4.79 Å². The Balaban J connectivity index is 1.79. The molecule has 1 aliphatic rings. The zero-order chi connectivity index (χ0) is 30.4. The van der Waals surface area contributed by atoms with Crippen LogP contribution in [-0.4, -0.2) is 41.0 Å². The van der Waals surface area contributed by atoms with Gasteiger partial charge in [0.05, 0.1) is 12.6 Å². The summed E-state index contributed by atoms with van der Waals surface area (Å²) in [6.45, 7) is 3.78. The molecule has 4 unspecified atom stereocenters. The van der Waals surface area contributed by atoms with E-state index < -0.39 is 41.7 Å². The highest BCUT2D eigenvalue weighted by molar-refractivity contribution is 8.00. The number of amides is 1. The number of benzene rings is 3. The van der Waals surface area contributed by atoms with E-state index in [1.165, 1.54) is 12.1 Å². The first-order valence-electron chi connectivity index (χ1n) is 13.5. The van der Waals surface area contributed by atoms with E-state index >= 15 is 0 Å². The first-order valence-corrected chi connectivity index (χ1v) is 15.1. The molecule has 1 fully saturated rings. The highest BCUT2D eigenvalue weighted by Crippen LogP contribution is 2.45. The van der Waals surface area contributed by atoms with E-state index in [2.05, 4.69) is 0 Å². The van der Waals surface area contributed by atoms with Gasteiger partial charge in [-0.05, 0) is 78.2 Å². The SMILES string of the molecule is CCCC(C(=O)OCC)N1C(=O)C(Cc2ccc(SC(F)(F)F)cc2)OC(c2ccc(Cl)cc2)C1c1ccc(Cl)cc1. The quantitative estimate of drug-likeness (QED) is 0.164. The molecule has 0 aliphatic carbocycles. The van der Waals surface area contributed by atoms with Crippen LogP contribution < -0.4 is 0 Å². The van der Waals surface area contributed by atoms with Crippen molar-refractivity contribution >= 4 is 46.8 Å². The Morgan fingerprint density at radius 1 is 0.952 bits per heavy atom. The number of thioether (sulfide) groups is 1. The second-order valence-corrected chi connectivity index (χ2v) is 11.8. The molecule has 1 aliphatic heterocycles. The predicted molar refractivity (Wildman–Crippen MR) is 157 cm³/mol. The lowest BCUT2D eigenvalue weighted by Crippen LogP contribution is -2.57. The Morgan fingerprint density at radius 2 is 1.52 bits per heavy atom. The topological polar surface area (TPSA) is 55.8 Å². The number of halogens is 5. The molecule has 4 atom stereocenters. The fourth-order valence-electron chi connectivity index (χ4n) is 5.07. The molecule has 0 spiro atoms. The van der Waals surface area contributed by atoms with Crippen LogP contribution in [0.15, 0.2) is 77.7 Å². The second kappa shape index (κ2) is 14.2. The summed E-state index contributed by atoms with van der Waals surface area (Å²) in [5, 5.41) is 1.03. The molecule has 0 radical (unpaired) electrons. The normalized spacial score (nSPS) is 19.9. The minimum atomic E-state index is -4.41. The molecule has 42 heavy (non-hydrogen) atoms.